The van der Waals surface area contributed by atoms with Crippen molar-refractivity contribution >= 4 is 0 Å². The van der Waals surface area contributed by atoms with E-state index in [0.717, 1.165) is 11.1 Å². The molecular weight excluding hydrogens is 212 g/mol. The molecule has 0 spiro atoms. The van der Waals surface area contributed by atoms with Gasteiger partial charge >= 0.3 is 0 Å². The van der Waals surface area contributed by atoms with Gasteiger partial charge in [-0.3, -0.25) is 4.68 Å². The molecule has 17 heavy (non-hydrogen) atoms. The average Bonchev–Trinajstić information content (AvgIpc) is 2.68. The molecule has 3 heteroatoms. The maximum absolute atomic E-state index is 10.1. The fraction of sp³-hybridized carbons (Fsp3) is 0.357. The quantitative estimate of drug-likeness (QED) is 0.880. The van der Waals surface area contributed by atoms with Gasteiger partial charge in [-0.05, 0) is 43.0 Å². The molecular formula is C14H18N2O. The van der Waals surface area contributed by atoms with E-state index >= 15 is 0 Å². The number of rotatable bonds is 3. The van der Waals surface area contributed by atoms with E-state index in [1.807, 2.05) is 31.3 Å². The Balaban J connectivity index is 2.14. The van der Waals surface area contributed by atoms with Crippen molar-refractivity contribution in [2.24, 2.45) is 0 Å². The minimum Gasteiger partial charge on any atom is -0.386 e. The molecule has 1 atom stereocenters. The van der Waals surface area contributed by atoms with E-state index in [4.69, 9.17) is 0 Å². The molecule has 90 valence electrons. The van der Waals surface area contributed by atoms with Gasteiger partial charge in [0.2, 0.25) is 0 Å². The van der Waals surface area contributed by atoms with Gasteiger partial charge in [0, 0.05) is 6.20 Å². The summed E-state index contributed by atoms with van der Waals surface area (Å²) in [4.78, 5) is 0. The molecule has 0 aliphatic rings. The van der Waals surface area contributed by atoms with Gasteiger partial charge in [-0.15, -0.1) is 0 Å². The number of aromatic nitrogens is 2. The van der Waals surface area contributed by atoms with E-state index in [9.17, 15) is 5.11 Å². The van der Waals surface area contributed by atoms with E-state index in [-0.39, 0.29) is 0 Å². The van der Waals surface area contributed by atoms with E-state index in [1.54, 1.807) is 10.9 Å². The first kappa shape index (κ1) is 11.9. The number of benzene rings is 1. The minimum atomic E-state index is -0.506. The van der Waals surface area contributed by atoms with E-state index in [0.29, 0.717) is 6.54 Å². The normalized spacial score (nSPS) is 12.7. The fourth-order valence-corrected chi connectivity index (χ4v) is 1.82. The highest BCUT2D eigenvalue weighted by Crippen LogP contribution is 2.18. The Morgan fingerprint density at radius 3 is 2.59 bits per heavy atom. The van der Waals surface area contributed by atoms with E-state index in [1.165, 1.54) is 11.1 Å². The fourth-order valence-electron chi connectivity index (χ4n) is 1.82. The lowest BCUT2D eigenvalue weighted by Crippen LogP contribution is -2.09. The first-order valence-electron chi connectivity index (χ1n) is 5.80. The first-order chi connectivity index (χ1) is 8.06. The predicted octanol–water partition coefficient (Wildman–Crippen LogP) is 2.54. The second-order valence-corrected chi connectivity index (χ2v) is 4.60. The number of aliphatic hydroxyl groups excluding tert-OH is 1. The van der Waals surface area contributed by atoms with Crippen LogP contribution in [0.1, 0.15) is 28.4 Å². The van der Waals surface area contributed by atoms with Crippen molar-refractivity contribution in [3.8, 4) is 0 Å². The molecule has 0 saturated heterocycles. The van der Waals surface area contributed by atoms with E-state index in [2.05, 4.69) is 18.9 Å². The molecule has 3 nitrogen and oxygen atoms in total. The minimum absolute atomic E-state index is 0.496. The van der Waals surface area contributed by atoms with Crippen molar-refractivity contribution in [1.29, 1.82) is 0 Å². The van der Waals surface area contributed by atoms with Gasteiger partial charge in [-0.2, -0.15) is 5.10 Å². The summed E-state index contributed by atoms with van der Waals surface area (Å²) in [6.07, 6.45) is 3.23. The summed E-state index contributed by atoms with van der Waals surface area (Å²) in [6, 6.07) is 6.06. The summed E-state index contributed by atoms with van der Waals surface area (Å²) in [7, 11) is 0. The number of nitrogens with zero attached hydrogens (tertiary/aromatic N) is 2. The lowest BCUT2D eigenvalue weighted by Gasteiger charge is -2.12. The molecule has 0 saturated carbocycles. The Morgan fingerprint density at radius 1 is 1.24 bits per heavy atom. The molecule has 0 amide bonds. The van der Waals surface area contributed by atoms with Crippen LogP contribution in [-0.4, -0.2) is 14.9 Å². The summed E-state index contributed by atoms with van der Waals surface area (Å²) in [5, 5.41) is 14.3. The molecule has 1 unspecified atom stereocenters. The summed E-state index contributed by atoms with van der Waals surface area (Å²) >= 11 is 0. The molecule has 1 aromatic heterocycles. The highest BCUT2D eigenvalue weighted by molar-refractivity contribution is 5.31. The van der Waals surface area contributed by atoms with Crippen molar-refractivity contribution in [2.75, 3.05) is 0 Å². The molecule has 0 aliphatic carbocycles. The van der Waals surface area contributed by atoms with Gasteiger partial charge in [0.1, 0.15) is 0 Å². The highest BCUT2D eigenvalue weighted by atomic mass is 16.3. The third kappa shape index (κ3) is 2.74. The zero-order valence-electron chi connectivity index (χ0n) is 10.5. The molecule has 0 radical (unpaired) electrons. The van der Waals surface area contributed by atoms with Crippen LogP contribution >= 0.6 is 0 Å². The van der Waals surface area contributed by atoms with Gasteiger partial charge in [-0.1, -0.05) is 18.2 Å². The van der Waals surface area contributed by atoms with Gasteiger partial charge in [0.05, 0.1) is 18.8 Å². The third-order valence-corrected chi connectivity index (χ3v) is 3.04. The molecule has 0 fully saturated rings. The Labute approximate surface area is 102 Å². The second-order valence-electron chi connectivity index (χ2n) is 4.60. The van der Waals surface area contributed by atoms with Crippen LogP contribution in [-0.2, 0) is 6.54 Å². The summed E-state index contributed by atoms with van der Waals surface area (Å²) < 4.78 is 1.77. The molecule has 2 aromatic rings. The summed E-state index contributed by atoms with van der Waals surface area (Å²) in [6.45, 7) is 6.62. The predicted molar refractivity (Wildman–Crippen MR) is 67.8 cm³/mol. The molecule has 1 heterocycles. The first-order valence-corrected chi connectivity index (χ1v) is 5.80. The average molecular weight is 230 g/mol. The van der Waals surface area contributed by atoms with Crippen LogP contribution in [0.2, 0.25) is 0 Å². The van der Waals surface area contributed by atoms with E-state index < -0.39 is 6.10 Å². The Morgan fingerprint density at radius 2 is 2.00 bits per heavy atom. The Kier molecular flexibility index (Phi) is 3.29. The van der Waals surface area contributed by atoms with Crippen LogP contribution in [0.4, 0.5) is 0 Å². The van der Waals surface area contributed by atoms with Gasteiger partial charge in [-0.25, -0.2) is 0 Å². The zero-order chi connectivity index (χ0) is 12.4. The maximum atomic E-state index is 10.1. The van der Waals surface area contributed by atoms with Gasteiger partial charge < -0.3 is 5.11 Å². The lowest BCUT2D eigenvalue weighted by atomic mass is 10.0. The third-order valence-electron chi connectivity index (χ3n) is 3.04. The van der Waals surface area contributed by atoms with Crippen molar-refractivity contribution in [3.63, 3.8) is 0 Å². The number of aliphatic hydroxyl groups is 1. The number of hydrogen-bond acceptors (Lipinski definition) is 2. The zero-order valence-corrected chi connectivity index (χ0v) is 10.5. The largest absolute Gasteiger partial charge is 0.386 e. The van der Waals surface area contributed by atoms with Crippen molar-refractivity contribution in [3.05, 3.63) is 52.8 Å². The Bertz CT molecular complexity index is 517. The van der Waals surface area contributed by atoms with Crippen LogP contribution in [0.5, 0.6) is 0 Å². The number of aryl methyl sites for hydroxylation is 3. The molecule has 1 N–H and O–H groups in total. The summed E-state index contributed by atoms with van der Waals surface area (Å²) in [5.41, 5.74) is 4.51. The van der Waals surface area contributed by atoms with Crippen LogP contribution in [0.15, 0.2) is 30.6 Å². The molecule has 0 bridgehead atoms. The van der Waals surface area contributed by atoms with Gasteiger partial charge in [0.15, 0.2) is 0 Å². The van der Waals surface area contributed by atoms with Crippen molar-refractivity contribution < 1.29 is 5.11 Å². The topological polar surface area (TPSA) is 38.0 Å². The van der Waals surface area contributed by atoms with Crippen LogP contribution < -0.4 is 0 Å². The molecule has 0 aliphatic heterocycles. The maximum Gasteiger partial charge on any atom is 0.0985 e. The van der Waals surface area contributed by atoms with Gasteiger partial charge in [0.25, 0.3) is 0 Å². The highest BCUT2D eigenvalue weighted by Gasteiger charge is 2.09. The monoisotopic (exact) mass is 230 g/mol. The van der Waals surface area contributed by atoms with Crippen molar-refractivity contribution in [2.45, 2.75) is 33.4 Å². The molecule has 2 rings (SSSR count). The number of hydrogen-bond donors (Lipinski definition) is 1. The van der Waals surface area contributed by atoms with Crippen LogP contribution in [0.3, 0.4) is 0 Å². The molecule has 1 aromatic carbocycles. The summed E-state index contributed by atoms with van der Waals surface area (Å²) in [5.74, 6) is 0. The SMILES string of the molecule is Cc1cnn(CC(O)c2ccc(C)c(C)c2)c1. The van der Waals surface area contributed by atoms with Crippen LogP contribution in [0, 0.1) is 20.8 Å². The Hall–Kier alpha value is -1.61. The lowest BCUT2D eigenvalue weighted by molar-refractivity contribution is 0.151. The smallest absolute Gasteiger partial charge is 0.0985 e. The second kappa shape index (κ2) is 4.72. The standard InChI is InChI=1S/C14H18N2O/c1-10-7-15-16(8-10)9-14(17)13-5-4-11(2)12(3)6-13/h4-8,14,17H,9H2,1-3H3. The van der Waals surface area contributed by atoms with Crippen molar-refractivity contribution in [1.82, 2.24) is 9.78 Å². The van der Waals surface area contributed by atoms with Crippen LogP contribution in [0.25, 0.3) is 0 Å².